The molecule has 4 nitrogen and oxygen atoms in total. The lowest BCUT2D eigenvalue weighted by Crippen LogP contribution is -2.06. The summed E-state index contributed by atoms with van der Waals surface area (Å²) in [5.41, 5.74) is 8.14. The molecule has 6 heteroatoms. The quantitative estimate of drug-likeness (QED) is 0.883. The number of aromatic nitrogens is 2. The number of hydrogen-bond donors (Lipinski definition) is 1. The summed E-state index contributed by atoms with van der Waals surface area (Å²) >= 11 is 6.07. The van der Waals surface area contributed by atoms with Gasteiger partial charge in [-0.3, -0.25) is 8.89 Å². The number of nitrogen functional groups attached to an aromatic ring is 1. The van der Waals surface area contributed by atoms with Gasteiger partial charge in [-0.1, -0.05) is 11.6 Å². The molecule has 1 aromatic carbocycles. The van der Waals surface area contributed by atoms with E-state index in [9.17, 15) is 4.21 Å². The van der Waals surface area contributed by atoms with Crippen LogP contribution in [0.1, 0.15) is 18.3 Å². The van der Waals surface area contributed by atoms with Crippen LogP contribution < -0.4 is 5.73 Å². The van der Waals surface area contributed by atoms with E-state index in [0.717, 1.165) is 17.9 Å². The summed E-state index contributed by atoms with van der Waals surface area (Å²) in [5.74, 6) is 0.387. The van der Waals surface area contributed by atoms with E-state index in [2.05, 4.69) is 5.10 Å². The van der Waals surface area contributed by atoms with E-state index in [4.69, 9.17) is 17.3 Å². The molecule has 1 heterocycles. The van der Waals surface area contributed by atoms with Crippen molar-refractivity contribution < 1.29 is 4.21 Å². The van der Waals surface area contributed by atoms with Crippen LogP contribution in [0, 0.1) is 6.92 Å². The first kappa shape index (κ1) is 14.1. The maximum absolute atomic E-state index is 12.4. The largest absolute Gasteiger partial charge is 0.399 e. The van der Waals surface area contributed by atoms with Gasteiger partial charge in [-0.25, -0.2) is 0 Å². The van der Waals surface area contributed by atoms with E-state index in [1.807, 2.05) is 24.6 Å². The molecular weight excluding hydrogens is 282 g/mol. The monoisotopic (exact) mass is 297 g/mol. The molecule has 0 aliphatic carbocycles. The van der Waals surface area contributed by atoms with E-state index in [1.54, 1.807) is 18.2 Å². The number of rotatable bonds is 4. The van der Waals surface area contributed by atoms with Crippen molar-refractivity contribution in [2.24, 2.45) is 0 Å². The Kier molecular flexibility index (Phi) is 4.27. The van der Waals surface area contributed by atoms with E-state index in [0.29, 0.717) is 21.4 Å². The first-order chi connectivity index (χ1) is 9.01. The summed E-state index contributed by atoms with van der Waals surface area (Å²) in [6, 6.07) is 6.98. The lowest BCUT2D eigenvalue weighted by atomic mass is 10.3. The van der Waals surface area contributed by atoms with Gasteiger partial charge in [0.25, 0.3) is 0 Å². The normalized spacial score (nSPS) is 12.6. The van der Waals surface area contributed by atoms with Crippen LogP contribution in [0.2, 0.25) is 5.02 Å². The van der Waals surface area contributed by atoms with Gasteiger partial charge in [0.2, 0.25) is 0 Å². The Morgan fingerprint density at radius 3 is 2.84 bits per heavy atom. The number of nitrogens with two attached hydrogens (primary N) is 1. The van der Waals surface area contributed by atoms with Crippen molar-refractivity contribution >= 4 is 28.1 Å². The Morgan fingerprint density at radius 2 is 2.16 bits per heavy atom. The van der Waals surface area contributed by atoms with Gasteiger partial charge in [-0.05, 0) is 38.1 Å². The minimum Gasteiger partial charge on any atom is -0.399 e. The third-order valence-electron chi connectivity index (χ3n) is 2.76. The Bertz CT molecular complexity index is 624. The molecule has 0 bridgehead atoms. The fraction of sp³-hybridized carbons (Fsp3) is 0.308. The highest BCUT2D eigenvalue weighted by molar-refractivity contribution is 7.84. The Balaban J connectivity index is 2.27. The minimum atomic E-state index is -1.23. The molecule has 2 N–H and O–H groups in total. The standard InChI is InChI=1S/C13H16ClN3OS/c1-3-17-11(6-9(2)16-17)8-19(18)13-7-10(15)4-5-12(13)14/h4-7H,3,8,15H2,1-2H3. The average molecular weight is 298 g/mol. The van der Waals surface area contributed by atoms with Gasteiger partial charge in [0.1, 0.15) is 0 Å². The number of hydrogen-bond acceptors (Lipinski definition) is 3. The number of benzene rings is 1. The predicted molar refractivity (Wildman–Crippen MR) is 78.6 cm³/mol. The minimum absolute atomic E-state index is 0.387. The third-order valence-corrected chi connectivity index (χ3v) is 4.59. The van der Waals surface area contributed by atoms with Crippen LogP contribution in [0.25, 0.3) is 0 Å². The van der Waals surface area contributed by atoms with Crippen molar-refractivity contribution in [3.63, 3.8) is 0 Å². The molecule has 1 aromatic heterocycles. The van der Waals surface area contributed by atoms with Gasteiger partial charge >= 0.3 is 0 Å². The Labute approximate surface area is 120 Å². The number of aryl methyl sites for hydroxylation is 2. The molecule has 0 radical (unpaired) electrons. The van der Waals surface area contributed by atoms with Crippen molar-refractivity contribution in [3.05, 3.63) is 40.7 Å². The van der Waals surface area contributed by atoms with Gasteiger partial charge in [0.15, 0.2) is 0 Å². The second-order valence-corrected chi connectivity index (χ2v) is 6.10. The smallest absolute Gasteiger partial charge is 0.0703 e. The van der Waals surface area contributed by atoms with Gasteiger partial charge < -0.3 is 5.73 Å². The SMILES string of the molecule is CCn1nc(C)cc1CS(=O)c1cc(N)ccc1Cl. The molecule has 1 atom stereocenters. The zero-order valence-corrected chi connectivity index (χ0v) is 12.5. The van der Waals surface area contributed by atoms with Crippen LogP contribution in [-0.2, 0) is 23.1 Å². The maximum Gasteiger partial charge on any atom is 0.0703 e. The third kappa shape index (κ3) is 3.16. The fourth-order valence-corrected chi connectivity index (χ4v) is 3.48. The zero-order valence-electron chi connectivity index (χ0n) is 10.9. The van der Waals surface area contributed by atoms with E-state index >= 15 is 0 Å². The molecule has 2 rings (SSSR count). The molecule has 0 saturated heterocycles. The lowest BCUT2D eigenvalue weighted by Gasteiger charge is -2.07. The van der Waals surface area contributed by atoms with Gasteiger partial charge in [-0.2, -0.15) is 5.10 Å². The Morgan fingerprint density at radius 1 is 1.42 bits per heavy atom. The highest BCUT2D eigenvalue weighted by Crippen LogP contribution is 2.24. The van der Waals surface area contributed by atoms with Crippen LogP contribution in [0.15, 0.2) is 29.2 Å². The zero-order chi connectivity index (χ0) is 14.0. The van der Waals surface area contributed by atoms with Crippen LogP contribution in [0.4, 0.5) is 5.69 Å². The van der Waals surface area contributed by atoms with Gasteiger partial charge in [-0.15, -0.1) is 0 Å². The predicted octanol–water partition coefficient (Wildman–Crippen LogP) is 2.75. The first-order valence-corrected chi connectivity index (χ1v) is 7.67. The average Bonchev–Trinajstić information content (AvgIpc) is 2.72. The van der Waals surface area contributed by atoms with Gasteiger partial charge in [0.05, 0.1) is 37.9 Å². The van der Waals surface area contributed by atoms with Crippen LogP contribution in [0.5, 0.6) is 0 Å². The summed E-state index contributed by atoms with van der Waals surface area (Å²) in [7, 11) is -1.23. The molecule has 2 aromatic rings. The summed E-state index contributed by atoms with van der Waals surface area (Å²) < 4.78 is 14.2. The molecule has 0 spiro atoms. The van der Waals surface area contributed by atoms with E-state index in [1.165, 1.54) is 0 Å². The highest BCUT2D eigenvalue weighted by Gasteiger charge is 2.13. The molecular formula is C13H16ClN3OS. The second-order valence-electron chi connectivity index (χ2n) is 4.27. The number of nitrogens with zero attached hydrogens (tertiary/aromatic N) is 2. The molecule has 1 unspecified atom stereocenters. The van der Waals surface area contributed by atoms with Crippen LogP contribution >= 0.6 is 11.6 Å². The topological polar surface area (TPSA) is 60.9 Å². The molecule has 0 aliphatic heterocycles. The van der Waals surface area contributed by atoms with Crippen LogP contribution in [-0.4, -0.2) is 14.0 Å². The molecule has 0 aliphatic rings. The van der Waals surface area contributed by atoms with E-state index < -0.39 is 10.8 Å². The molecule has 0 amide bonds. The number of anilines is 1. The fourth-order valence-electron chi connectivity index (χ4n) is 1.90. The first-order valence-electron chi connectivity index (χ1n) is 5.98. The molecule has 19 heavy (non-hydrogen) atoms. The van der Waals surface area contributed by atoms with Crippen molar-refractivity contribution in [2.45, 2.75) is 31.0 Å². The van der Waals surface area contributed by atoms with Crippen molar-refractivity contribution in [3.8, 4) is 0 Å². The Hall–Kier alpha value is -1.33. The summed E-state index contributed by atoms with van der Waals surface area (Å²) in [6.45, 7) is 4.68. The van der Waals surface area contributed by atoms with Crippen molar-refractivity contribution in [2.75, 3.05) is 5.73 Å². The second kappa shape index (κ2) is 5.75. The lowest BCUT2D eigenvalue weighted by molar-refractivity contribution is 0.627. The highest BCUT2D eigenvalue weighted by atomic mass is 35.5. The number of halogens is 1. The summed E-state index contributed by atoms with van der Waals surface area (Å²) in [5, 5.41) is 4.82. The van der Waals surface area contributed by atoms with Crippen molar-refractivity contribution in [1.29, 1.82) is 0 Å². The summed E-state index contributed by atoms with van der Waals surface area (Å²) in [4.78, 5) is 0.572. The summed E-state index contributed by atoms with van der Waals surface area (Å²) in [6.07, 6.45) is 0. The van der Waals surface area contributed by atoms with Gasteiger partial charge in [0, 0.05) is 12.2 Å². The molecule has 102 valence electrons. The van der Waals surface area contributed by atoms with Crippen LogP contribution in [0.3, 0.4) is 0 Å². The maximum atomic E-state index is 12.4. The molecule has 0 fully saturated rings. The molecule has 0 saturated carbocycles. The van der Waals surface area contributed by atoms with E-state index in [-0.39, 0.29) is 0 Å². The van der Waals surface area contributed by atoms with Crippen molar-refractivity contribution in [1.82, 2.24) is 9.78 Å².